The molecule has 1 aromatic carbocycles. The van der Waals surface area contributed by atoms with Gasteiger partial charge in [0.1, 0.15) is 9.88 Å². The zero-order valence-electron chi connectivity index (χ0n) is 11.3. The van der Waals surface area contributed by atoms with Crippen LogP contribution < -0.4 is 0 Å². The predicted octanol–water partition coefficient (Wildman–Crippen LogP) is 2.67. The number of amides is 1. The van der Waals surface area contributed by atoms with Crippen LogP contribution >= 0.6 is 11.3 Å². The summed E-state index contributed by atoms with van der Waals surface area (Å²) in [6.45, 7) is 3.88. The van der Waals surface area contributed by atoms with E-state index in [2.05, 4.69) is 4.98 Å². The van der Waals surface area contributed by atoms with Crippen molar-refractivity contribution in [1.82, 2.24) is 9.88 Å². The van der Waals surface area contributed by atoms with Crippen LogP contribution in [0.3, 0.4) is 0 Å². The minimum absolute atomic E-state index is 0.0560. The lowest BCUT2D eigenvalue weighted by atomic mass is 10.2. The van der Waals surface area contributed by atoms with E-state index in [1.807, 2.05) is 42.2 Å². The molecule has 5 heteroatoms. The summed E-state index contributed by atoms with van der Waals surface area (Å²) >= 11 is 1.45. The monoisotopic (exact) mass is 288 g/mol. The van der Waals surface area contributed by atoms with Crippen LogP contribution in [0.15, 0.2) is 36.5 Å². The Balaban J connectivity index is 1.81. The molecule has 0 saturated carbocycles. The summed E-state index contributed by atoms with van der Waals surface area (Å²) in [6.07, 6.45) is 1.68. The molecule has 2 heterocycles. The largest absolute Gasteiger partial charge is 0.377 e. The van der Waals surface area contributed by atoms with Crippen LogP contribution in [0.25, 0.3) is 10.6 Å². The van der Waals surface area contributed by atoms with Crippen molar-refractivity contribution >= 4 is 17.2 Å². The van der Waals surface area contributed by atoms with E-state index in [-0.39, 0.29) is 11.9 Å². The third-order valence-corrected chi connectivity index (χ3v) is 4.40. The zero-order valence-corrected chi connectivity index (χ0v) is 12.1. The molecule has 1 saturated heterocycles. The maximum atomic E-state index is 12.5. The molecule has 1 amide bonds. The number of nitrogens with zero attached hydrogens (tertiary/aromatic N) is 2. The van der Waals surface area contributed by atoms with Crippen molar-refractivity contribution in [2.75, 3.05) is 19.8 Å². The van der Waals surface area contributed by atoms with Gasteiger partial charge < -0.3 is 9.64 Å². The second-order valence-corrected chi connectivity index (χ2v) is 5.85. The van der Waals surface area contributed by atoms with E-state index in [1.165, 1.54) is 11.3 Å². The molecule has 0 N–H and O–H groups in total. The Kier molecular flexibility index (Phi) is 3.80. The summed E-state index contributed by atoms with van der Waals surface area (Å²) in [5, 5.41) is 0.884. The molecule has 0 aliphatic carbocycles. The summed E-state index contributed by atoms with van der Waals surface area (Å²) in [4.78, 5) is 19.4. The lowest BCUT2D eigenvalue weighted by Crippen LogP contribution is -2.46. The first-order chi connectivity index (χ1) is 9.75. The van der Waals surface area contributed by atoms with Crippen LogP contribution in [-0.2, 0) is 4.74 Å². The molecule has 2 aromatic rings. The lowest BCUT2D eigenvalue weighted by molar-refractivity contribution is 0.00385. The summed E-state index contributed by atoms with van der Waals surface area (Å²) in [7, 11) is 0. The van der Waals surface area contributed by atoms with Gasteiger partial charge in [0.05, 0.1) is 25.5 Å². The fraction of sp³-hybridized carbons (Fsp3) is 0.333. The highest BCUT2D eigenvalue weighted by molar-refractivity contribution is 7.16. The number of carbonyl (C=O) groups is 1. The van der Waals surface area contributed by atoms with Gasteiger partial charge in [0.25, 0.3) is 5.91 Å². The average molecular weight is 288 g/mol. The van der Waals surface area contributed by atoms with Gasteiger partial charge in [0.15, 0.2) is 0 Å². The van der Waals surface area contributed by atoms with Crippen LogP contribution in [-0.4, -0.2) is 41.6 Å². The predicted molar refractivity (Wildman–Crippen MR) is 78.9 cm³/mol. The van der Waals surface area contributed by atoms with Gasteiger partial charge in [-0.1, -0.05) is 30.3 Å². The summed E-state index contributed by atoms with van der Waals surface area (Å²) in [6, 6.07) is 10.1. The minimum atomic E-state index is 0.0560. The van der Waals surface area contributed by atoms with Crippen LogP contribution in [0, 0.1) is 0 Å². The fourth-order valence-corrected chi connectivity index (χ4v) is 3.14. The molecule has 0 unspecified atom stereocenters. The van der Waals surface area contributed by atoms with Gasteiger partial charge in [-0.25, -0.2) is 4.98 Å². The van der Waals surface area contributed by atoms with Gasteiger partial charge in [-0.15, -0.1) is 11.3 Å². The Labute approximate surface area is 122 Å². The molecule has 0 bridgehead atoms. The molecule has 1 aliphatic heterocycles. The van der Waals surface area contributed by atoms with Gasteiger partial charge in [0.2, 0.25) is 0 Å². The molecule has 1 aromatic heterocycles. The summed E-state index contributed by atoms with van der Waals surface area (Å²) in [5.74, 6) is 0.0560. The minimum Gasteiger partial charge on any atom is -0.377 e. The Morgan fingerprint density at radius 2 is 2.20 bits per heavy atom. The van der Waals surface area contributed by atoms with Gasteiger partial charge in [-0.3, -0.25) is 4.79 Å². The number of hydrogen-bond acceptors (Lipinski definition) is 4. The Hall–Kier alpha value is -1.72. The maximum Gasteiger partial charge on any atom is 0.265 e. The number of carbonyl (C=O) groups excluding carboxylic acids is 1. The van der Waals surface area contributed by atoms with Crippen molar-refractivity contribution < 1.29 is 9.53 Å². The topological polar surface area (TPSA) is 42.4 Å². The highest BCUT2D eigenvalue weighted by Crippen LogP contribution is 2.26. The SMILES string of the molecule is C[C@@H]1COCCN1C(=O)c1cnc(-c2ccccc2)s1. The molecule has 1 fully saturated rings. The van der Waals surface area contributed by atoms with E-state index in [0.29, 0.717) is 24.6 Å². The van der Waals surface area contributed by atoms with Crippen LogP contribution in [0.2, 0.25) is 0 Å². The third kappa shape index (κ3) is 2.59. The molecular formula is C15H16N2O2S. The molecule has 4 nitrogen and oxygen atoms in total. The Morgan fingerprint density at radius 3 is 2.95 bits per heavy atom. The average Bonchev–Trinajstić information content (AvgIpc) is 2.98. The molecule has 1 aliphatic rings. The van der Waals surface area contributed by atoms with Crippen LogP contribution in [0.1, 0.15) is 16.6 Å². The van der Waals surface area contributed by atoms with Crippen LogP contribution in [0.4, 0.5) is 0 Å². The number of thiazole rings is 1. The standard InChI is InChI=1S/C15H16N2O2S/c1-11-10-19-8-7-17(11)15(18)13-9-16-14(20-13)12-5-3-2-4-6-12/h2-6,9,11H,7-8,10H2,1H3/t11-/m1/s1. The van der Waals surface area contributed by atoms with E-state index in [4.69, 9.17) is 4.74 Å². The Morgan fingerprint density at radius 1 is 1.40 bits per heavy atom. The normalized spacial score (nSPS) is 19.1. The van der Waals surface area contributed by atoms with Crippen molar-refractivity contribution in [3.8, 4) is 10.6 Å². The molecule has 1 atom stereocenters. The highest BCUT2D eigenvalue weighted by Gasteiger charge is 2.26. The number of aromatic nitrogens is 1. The molecule has 0 spiro atoms. The Bertz CT molecular complexity index is 597. The van der Waals surface area contributed by atoms with Gasteiger partial charge >= 0.3 is 0 Å². The number of morpholine rings is 1. The molecule has 104 valence electrons. The molecule has 0 radical (unpaired) electrons. The van der Waals surface area contributed by atoms with E-state index in [9.17, 15) is 4.79 Å². The van der Waals surface area contributed by atoms with Gasteiger partial charge in [-0.2, -0.15) is 0 Å². The van der Waals surface area contributed by atoms with E-state index in [0.717, 1.165) is 10.6 Å². The first-order valence-electron chi connectivity index (χ1n) is 6.65. The van der Waals surface area contributed by atoms with Crippen molar-refractivity contribution in [2.24, 2.45) is 0 Å². The lowest BCUT2D eigenvalue weighted by Gasteiger charge is -2.32. The zero-order chi connectivity index (χ0) is 13.9. The number of ether oxygens (including phenoxy) is 1. The van der Waals surface area contributed by atoms with E-state index in [1.54, 1.807) is 6.20 Å². The smallest absolute Gasteiger partial charge is 0.265 e. The van der Waals surface area contributed by atoms with Crippen molar-refractivity contribution in [1.29, 1.82) is 0 Å². The van der Waals surface area contributed by atoms with Gasteiger partial charge in [0, 0.05) is 12.1 Å². The number of benzene rings is 1. The highest BCUT2D eigenvalue weighted by atomic mass is 32.1. The molecular weight excluding hydrogens is 272 g/mol. The van der Waals surface area contributed by atoms with Crippen molar-refractivity contribution in [3.05, 3.63) is 41.4 Å². The second-order valence-electron chi connectivity index (χ2n) is 4.82. The molecule has 3 rings (SSSR count). The first-order valence-corrected chi connectivity index (χ1v) is 7.47. The van der Waals surface area contributed by atoms with E-state index < -0.39 is 0 Å². The van der Waals surface area contributed by atoms with Crippen molar-refractivity contribution in [3.63, 3.8) is 0 Å². The first kappa shape index (κ1) is 13.3. The third-order valence-electron chi connectivity index (χ3n) is 3.37. The van der Waals surface area contributed by atoms with E-state index >= 15 is 0 Å². The quantitative estimate of drug-likeness (QED) is 0.853. The fourth-order valence-electron chi connectivity index (χ4n) is 2.26. The van der Waals surface area contributed by atoms with Gasteiger partial charge in [-0.05, 0) is 6.92 Å². The second kappa shape index (κ2) is 5.73. The number of hydrogen-bond donors (Lipinski definition) is 0. The summed E-state index contributed by atoms with van der Waals surface area (Å²) < 4.78 is 5.37. The maximum absolute atomic E-state index is 12.5. The van der Waals surface area contributed by atoms with Crippen molar-refractivity contribution in [2.45, 2.75) is 13.0 Å². The molecule has 20 heavy (non-hydrogen) atoms. The number of rotatable bonds is 2. The summed E-state index contributed by atoms with van der Waals surface area (Å²) in [5.41, 5.74) is 1.05. The van der Waals surface area contributed by atoms with Crippen LogP contribution in [0.5, 0.6) is 0 Å².